The number of halogens is 1. The Hall–Kier alpha value is -0.970. The minimum atomic E-state index is -1.18. The molecule has 0 amide bonds. The Morgan fingerprint density at radius 1 is 1.10 bits per heavy atom. The largest absolute Gasteiger partial charge is 0.376 e. The summed E-state index contributed by atoms with van der Waals surface area (Å²) < 4.78 is 32.0. The first-order valence-corrected chi connectivity index (χ1v) is 7.60. The average Bonchev–Trinajstić information content (AvgIpc) is 2.74. The van der Waals surface area contributed by atoms with Crippen molar-refractivity contribution in [3.63, 3.8) is 0 Å². The Labute approximate surface area is 126 Å². The minimum absolute atomic E-state index is 0.0482. The summed E-state index contributed by atoms with van der Waals surface area (Å²) in [5.41, 5.74) is 0.842. The first-order valence-electron chi connectivity index (χ1n) is 7.60. The van der Waals surface area contributed by atoms with Gasteiger partial charge in [-0.3, -0.25) is 0 Å². The van der Waals surface area contributed by atoms with Crippen LogP contribution in [0.2, 0.25) is 0 Å². The molecule has 2 rings (SSSR count). The van der Waals surface area contributed by atoms with Crippen molar-refractivity contribution >= 4 is 0 Å². The highest BCUT2D eigenvalue weighted by Crippen LogP contribution is 2.37. The normalized spacial score (nSPS) is 29.5. The summed E-state index contributed by atoms with van der Waals surface area (Å²) in [4.78, 5) is 0. The van der Waals surface area contributed by atoms with Crippen LogP contribution in [0.4, 0.5) is 4.39 Å². The van der Waals surface area contributed by atoms with Gasteiger partial charge in [-0.2, -0.15) is 0 Å². The highest BCUT2D eigenvalue weighted by molar-refractivity contribution is 5.21. The van der Waals surface area contributed by atoms with E-state index in [0.717, 1.165) is 5.56 Å². The predicted octanol–water partition coefficient (Wildman–Crippen LogP) is 3.68. The summed E-state index contributed by atoms with van der Waals surface area (Å²) in [5.74, 6) is 0. The maximum Gasteiger partial charge on any atom is 0.159 e. The second-order valence-electron chi connectivity index (χ2n) is 5.98. The van der Waals surface area contributed by atoms with Crippen LogP contribution in [0.5, 0.6) is 0 Å². The summed E-state index contributed by atoms with van der Waals surface area (Å²) in [6.45, 7) is 8.06. The van der Waals surface area contributed by atoms with Gasteiger partial charge in [0, 0.05) is 0 Å². The Balaban J connectivity index is 2.12. The van der Waals surface area contributed by atoms with Crippen molar-refractivity contribution in [2.45, 2.75) is 64.4 Å². The van der Waals surface area contributed by atoms with Crippen molar-refractivity contribution in [3.05, 3.63) is 35.9 Å². The van der Waals surface area contributed by atoms with Gasteiger partial charge in [-0.15, -0.1) is 0 Å². The molecule has 1 heterocycles. The molecule has 0 radical (unpaired) electrons. The zero-order valence-corrected chi connectivity index (χ0v) is 13.2. The fourth-order valence-electron chi connectivity index (χ4n) is 2.52. The van der Waals surface area contributed by atoms with Gasteiger partial charge >= 0.3 is 0 Å². The fraction of sp³-hybridized carbons (Fsp3) is 0.647. The molecule has 0 bridgehead atoms. The van der Waals surface area contributed by atoms with Crippen LogP contribution in [-0.4, -0.2) is 37.2 Å². The maximum absolute atomic E-state index is 14.8. The Morgan fingerprint density at radius 3 is 2.33 bits per heavy atom. The lowest BCUT2D eigenvalue weighted by Crippen LogP contribution is -2.36. The molecular weight excluding hydrogens is 271 g/mol. The van der Waals surface area contributed by atoms with Crippen LogP contribution in [0.1, 0.15) is 39.4 Å². The van der Waals surface area contributed by atoms with Gasteiger partial charge in [0.1, 0.15) is 18.3 Å². The molecule has 3 nitrogen and oxygen atoms in total. The van der Waals surface area contributed by atoms with Crippen LogP contribution < -0.4 is 0 Å². The van der Waals surface area contributed by atoms with Crippen LogP contribution in [0.15, 0.2) is 30.3 Å². The van der Waals surface area contributed by atoms with Gasteiger partial charge in [0.15, 0.2) is 6.17 Å². The number of benzene rings is 1. The second kappa shape index (κ2) is 7.34. The van der Waals surface area contributed by atoms with E-state index in [-0.39, 0.29) is 18.3 Å². The average molecular weight is 296 g/mol. The number of ether oxygens (including phenoxy) is 3. The van der Waals surface area contributed by atoms with Gasteiger partial charge in [0.2, 0.25) is 0 Å². The third-order valence-corrected chi connectivity index (χ3v) is 3.44. The first-order chi connectivity index (χ1) is 9.99. The molecule has 4 heteroatoms. The fourth-order valence-corrected chi connectivity index (χ4v) is 2.52. The lowest BCUT2D eigenvalue weighted by Gasteiger charge is -2.22. The number of hydrogen-bond acceptors (Lipinski definition) is 3. The molecule has 1 aromatic carbocycles. The number of rotatable bonds is 6. The second-order valence-corrected chi connectivity index (χ2v) is 5.98. The third kappa shape index (κ3) is 4.25. The molecule has 0 spiro atoms. The molecular formula is C17H25FO3. The van der Waals surface area contributed by atoms with Crippen LogP contribution in [0.25, 0.3) is 0 Å². The van der Waals surface area contributed by atoms with Crippen molar-refractivity contribution in [2.24, 2.45) is 0 Å². The molecule has 4 atom stereocenters. The number of alkyl halides is 1. The molecule has 0 N–H and O–H groups in total. The van der Waals surface area contributed by atoms with Gasteiger partial charge in [0.05, 0.1) is 18.8 Å². The van der Waals surface area contributed by atoms with Crippen molar-refractivity contribution < 1.29 is 18.6 Å². The molecule has 0 aliphatic carbocycles. The standard InChI is InChI=1S/C17H25FO3/c1-11(2)19-10-14-17(20-12(3)4)15(18)16(21-14)13-8-6-5-7-9-13/h5-9,11-12,14-17H,10H2,1-4H3/t14?,15-,16-,17+/m0/s1. The molecule has 1 aliphatic rings. The van der Waals surface area contributed by atoms with E-state index >= 15 is 0 Å². The van der Waals surface area contributed by atoms with Gasteiger partial charge in [-0.25, -0.2) is 4.39 Å². The molecule has 1 aromatic rings. The SMILES string of the molecule is CC(C)OCC1O[C@@H](c2ccccc2)[C@H](F)[C@@H]1OC(C)C. The Bertz CT molecular complexity index is 421. The smallest absolute Gasteiger partial charge is 0.159 e. The molecule has 21 heavy (non-hydrogen) atoms. The van der Waals surface area contributed by atoms with Gasteiger partial charge in [-0.1, -0.05) is 30.3 Å². The van der Waals surface area contributed by atoms with E-state index in [2.05, 4.69) is 0 Å². The summed E-state index contributed by atoms with van der Waals surface area (Å²) in [6.07, 6.45) is -2.70. The van der Waals surface area contributed by atoms with E-state index in [1.54, 1.807) is 0 Å². The van der Waals surface area contributed by atoms with E-state index in [1.165, 1.54) is 0 Å². The minimum Gasteiger partial charge on any atom is -0.376 e. The molecule has 1 fully saturated rings. The molecule has 0 aromatic heterocycles. The van der Waals surface area contributed by atoms with Crippen LogP contribution in [0.3, 0.4) is 0 Å². The van der Waals surface area contributed by atoms with E-state index in [0.29, 0.717) is 6.61 Å². The van der Waals surface area contributed by atoms with Crippen molar-refractivity contribution in [3.8, 4) is 0 Å². The van der Waals surface area contributed by atoms with Crippen molar-refractivity contribution in [2.75, 3.05) is 6.61 Å². The van der Waals surface area contributed by atoms with E-state index in [9.17, 15) is 4.39 Å². The maximum atomic E-state index is 14.8. The van der Waals surface area contributed by atoms with Crippen molar-refractivity contribution in [1.29, 1.82) is 0 Å². The highest BCUT2D eigenvalue weighted by Gasteiger charge is 2.47. The lowest BCUT2D eigenvalue weighted by molar-refractivity contribution is -0.0904. The molecule has 1 saturated heterocycles. The summed E-state index contributed by atoms with van der Waals surface area (Å²) in [6, 6.07) is 9.46. The lowest BCUT2D eigenvalue weighted by atomic mass is 10.0. The van der Waals surface area contributed by atoms with E-state index in [1.807, 2.05) is 58.0 Å². The van der Waals surface area contributed by atoms with Gasteiger partial charge < -0.3 is 14.2 Å². The Morgan fingerprint density at radius 2 is 1.76 bits per heavy atom. The van der Waals surface area contributed by atoms with Crippen LogP contribution >= 0.6 is 0 Å². The predicted molar refractivity (Wildman–Crippen MR) is 80.0 cm³/mol. The molecule has 0 saturated carbocycles. The topological polar surface area (TPSA) is 27.7 Å². The highest BCUT2D eigenvalue weighted by atomic mass is 19.1. The zero-order valence-electron chi connectivity index (χ0n) is 13.2. The van der Waals surface area contributed by atoms with Crippen LogP contribution in [-0.2, 0) is 14.2 Å². The molecule has 1 unspecified atom stereocenters. The number of hydrogen-bond donors (Lipinski definition) is 0. The third-order valence-electron chi connectivity index (χ3n) is 3.44. The molecule has 1 aliphatic heterocycles. The van der Waals surface area contributed by atoms with Gasteiger partial charge in [0.25, 0.3) is 0 Å². The summed E-state index contributed by atoms with van der Waals surface area (Å²) in [7, 11) is 0. The first kappa shape index (κ1) is 16.4. The van der Waals surface area contributed by atoms with Crippen LogP contribution in [0, 0.1) is 0 Å². The summed E-state index contributed by atoms with van der Waals surface area (Å²) in [5, 5.41) is 0. The molecule has 118 valence electrons. The quantitative estimate of drug-likeness (QED) is 0.801. The zero-order chi connectivity index (χ0) is 15.4. The summed E-state index contributed by atoms with van der Waals surface area (Å²) >= 11 is 0. The van der Waals surface area contributed by atoms with E-state index in [4.69, 9.17) is 14.2 Å². The van der Waals surface area contributed by atoms with Crippen molar-refractivity contribution in [1.82, 2.24) is 0 Å². The Kier molecular flexibility index (Phi) is 5.73. The van der Waals surface area contributed by atoms with E-state index < -0.39 is 18.4 Å². The monoisotopic (exact) mass is 296 g/mol. The van der Waals surface area contributed by atoms with Gasteiger partial charge in [-0.05, 0) is 33.3 Å².